The van der Waals surface area contributed by atoms with E-state index in [0.29, 0.717) is 12.2 Å². The van der Waals surface area contributed by atoms with Gasteiger partial charge in [-0.2, -0.15) is 0 Å². The molecule has 1 saturated heterocycles. The quantitative estimate of drug-likeness (QED) is 0.856. The van der Waals surface area contributed by atoms with Crippen molar-refractivity contribution in [1.82, 2.24) is 14.9 Å². The summed E-state index contributed by atoms with van der Waals surface area (Å²) in [7, 11) is 0. The third-order valence-corrected chi connectivity index (χ3v) is 4.08. The second-order valence-electron chi connectivity index (χ2n) is 5.59. The second kappa shape index (κ2) is 6.64. The average molecular weight is 299 g/mol. The first-order valence-electron chi connectivity index (χ1n) is 7.55. The lowest BCUT2D eigenvalue weighted by Gasteiger charge is -2.24. The van der Waals surface area contributed by atoms with E-state index in [9.17, 15) is 9.18 Å². The Balaban J connectivity index is 1.78. The molecule has 0 spiro atoms. The number of carbonyl (C=O) groups excluding carboxylic acids is 1. The molecule has 22 heavy (non-hydrogen) atoms. The third kappa shape index (κ3) is 3.30. The van der Waals surface area contributed by atoms with E-state index in [1.165, 1.54) is 24.5 Å². The van der Waals surface area contributed by atoms with Crippen LogP contribution in [0, 0.1) is 5.82 Å². The van der Waals surface area contributed by atoms with Crippen molar-refractivity contribution in [3.8, 4) is 0 Å². The van der Waals surface area contributed by atoms with Crippen LogP contribution in [-0.4, -0.2) is 33.9 Å². The van der Waals surface area contributed by atoms with Crippen molar-refractivity contribution in [2.75, 3.05) is 13.1 Å². The highest BCUT2D eigenvalue weighted by Gasteiger charge is 2.24. The van der Waals surface area contributed by atoms with Crippen LogP contribution in [0.25, 0.3) is 0 Å². The van der Waals surface area contributed by atoms with Crippen LogP contribution in [0.15, 0.2) is 42.9 Å². The molecular weight excluding hydrogens is 281 g/mol. The minimum absolute atomic E-state index is 0.0814. The molecule has 1 aliphatic heterocycles. The fourth-order valence-electron chi connectivity index (χ4n) is 2.91. The van der Waals surface area contributed by atoms with Crippen LogP contribution >= 0.6 is 0 Å². The third-order valence-electron chi connectivity index (χ3n) is 4.08. The zero-order valence-corrected chi connectivity index (χ0v) is 12.3. The van der Waals surface area contributed by atoms with Crippen LogP contribution in [0.1, 0.15) is 41.2 Å². The summed E-state index contributed by atoms with van der Waals surface area (Å²) >= 11 is 0. The van der Waals surface area contributed by atoms with E-state index in [0.717, 1.165) is 31.4 Å². The smallest absolute Gasteiger partial charge is 0.274 e. The molecule has 4 nitrogen and oxygen atoms in total. The molecular formula is C17H18FN3O. The lowest BCUT2D eigenvalue weighted by molar-refractivity contribution is 0.0748. The molecule has 1 atom stereocenters. The molecule has 0 radical (unpaired) electrons. The van der Waals surface area contributed by atoms with Gasteiger partial charge in [0, 0.05) is 31.4 Å². The Morgan fingerprint density at radius 3 is 2.73 bits per heavy atom. The molecule has 2 heterocycles. The Bertz CT molecular complexity index is 630. The molecule has 0 N–H and O–H groups in total. The molecule has 1 aliphatic rings. The zero-order chi connectivity index (χ0) is 15.4. The standard InChI is InChI=1S/C17H18FN3O/c18-15-6-4-13(5-7-15)14-3-1-2-10-21(12-14)17(22)16-11-19-8-9-20-16/h4-9,11,14H,1-3,10,12H2. The fraction of sp³-hybridized carbons (Fsp3) is 0.353. The largest absolute Gasteiger partial charge is 0.337 e. The minimum atomic E-state index is -0.232. The lowest BCUT2D eigenvalue weighted by Crippen LogP contribution is -2.34. The Morgan fingerprint density at radius 2 is 2.00 bits per heavy atom. The number of aromatic nitrogens is 2. The predicted molar refractivity (Wildman–Crippen MR) is 80.9 cm³/mol. The molecule has 1 fully saturated rings. The molecule has 1 amide bonds. The van der Waals surface area contributed by atoms with Gasteiger partial charge in [0.1, 0.15) is 11.5 Å². The first-order valence-corrected chi connectivity index (χ1v) is 7.55. The highest BCUT2D eigenvalue weighted by molar-refractivity contribution is 5.92. The number of likely N-dealkylation sites (tertiary alicyclic amines) is 1. The van der Waals surface area contributed by atoms with Gasteiger partial charge in [-0.1, -0.05) is 18.6 Å². The van der Waals surface area contributed by atoms with Gasteiger partial charge in [0.2, 0.25) is 0 Å². The maximum Gasteiger partial charge on any atom is 0.274 e. The van der Waals surface area contributed by atoms with E-state index in [1.807, 2.05) is 17.0 Å². The first-order chi connectivity index (χ1) is 10.7. The number of amides is 1. The number of hydrogen-bond donors (Lipinski definition) is 0. The molecule has 0 saturated carbocycles. The number of hydrogen-bond acceptors (Lipinski definition) is 3. The van der Waals surface area contributed by atoms with E-state index >= 15 is 0 Å². The van der Waals surface area contributed by atoms with Crippen molar-refractivity contribution in [1.29, 1.82) is 0 Å². The van der Waals surface area contributed by atoms with E-state index in [1.54, 1.807) is 6.20 Å². The summed E-state index contributed by atoms with van der Waals surface area (Å²) in [5.74, 6) is -0.0734. The van der Waals surface area contributed by atoms with Gasteiger partial charge in [0.05, 0.1) is 6.20 Å². The van der Waals surface area contributed by atoms with Crippen molar-refractivity contribution < 1.29 is 9.18 Å². The van der Waals surface area contributed by atoms with Crippen LogP contribution in [0.3, 0.4) is 0 Å². The number of nitrogens with zero attached hydrogens (tertiary/aromatic N) is 3. The summed E-state index contributed by atoms with van der Waals surface area (Å²) in [6.07, 6.45) is 7.63. The molecule has 114 valence electrons. The van der Waals surface area contributed by atoms with Gasteiger partial charge in [-0.25, -0.2) is 9.37 Å². The summed E-state index contributed by atoms with van der Waals surface area (Å²) in [6, 6.07) is 6.59. The van der Waals surface area contributed by atoms with Gasteiger partial charge < -0.3 is 4.90 Å². The number of rotatable bonds is 2. The highest BCUT2D eigenvalue weighted by Crippen LogP contribution is 2.27. The maximum atomic E-state index is 13.1. The zero-order valence-electron chi connectivity index (χ0n) is 12.3. The monoisotopic (exact) mass is 299 g/mol. The summed E-state index contributed by atoms with van der Waals surface area (Å²) in [5, 5.41) is 0. The Labute approximate surface area is 129 Å². The van der Waals surface area contributed by atoms with Crippen LogP contribution in [0.2, 0.25) is 0 Å². The van der Waals surface area contributed by atoms with Gasteiger partial charge in [-0.05, 0) is 30.5 Å². The maximum absolute atomic E-state index is 13.1. The summed E-state index contributed by atoms with van der Waals surface area (Å²) < 4.78 is 13.1. The lowest BCUT2D eigenvalue weighted by atomic mass is 9.94. The molecule has 1 unspecified atom stereocenters. The fourth-order valence-corrected chi connectivity index (χ4v) is 2.91. The number of halogens is 1. The van der Waals surface area contributed by atoms with E-state index in [4.69, 9.17) is 0 Å². The minimum Gasteiger partial charge on any atom is -0.337 e. The SMILES string of the molecule is O=C(c1cnccn1)N1CCCCC(c2ccc(F)cc2)C1. The topological polar surface area (TPSA) is 46.1 Å². The normalized spacial score (nSPS) is 18.8. The van der Waals surface area contributed by atoms with Gasteiger partial charge in [-0.3, -0.25) is 9.78 Å². The van der Waals surface area contributed by atoms with Crippen molar-refractivity contribution in [2.24, 2.45) is 0 Å². The van der Waals surface area contributed by atoms with Crippen LogP contribution in [0.4, 0.5) is 4.39 Å². The Morgan fingerprint density at radius 1 is 1.18 bits per heavy atom. The Kier molecular flexibility index (Phi) is 4.42. The summed E-state index contributed by atoms with van der Waals surface area (Å²) in [6.45, 7) is 1.37. The van der Waals surface area contributed by atoms with Crippen LogP contribution in [-0.2, 0) is 0 Å². The van der Waals surface area contributed by atoms with Gasteiger partial charge in [0.25, 0.3) is 5.91 Å². The Hall–Kier alpha value is -2.30. The molecule has 3 rings (SSSR count). The first kappa shape index (κ1) is 14.6. The van der Waals surface area contributed by atoms with Gasteiger partial charge in [0.15, 0.2) is 0 Å². The molecule has 1 aromatic carbocycles. The van der Waals surface area contributed by atoms with Crippen molar-refractivity contribution >= 4 is 5.91 Å². The van der Waals surface area contributed by atoms with E-state index in [-0.39, 0.29) is 17.6 Å². The van der Waals surface area contributed by atoms with Crippen molar-refractivity contribution in [2.45, 2.75) is 25.2 Å². The van der Waals surface area contributed by atoms with Crippen molar-refractivity contribution in [3.05, 3.63) is 59.9 Å². The van der Waals surface area contributed by atoms with Gasteiger partial charge in [-0.15, -0.1) is 0 Å². The van der Waals surface area contributed by atoms with Crippen LogP contribution in [0.5, 0.6) is 0 Å². The second-order valence-corrected chi connectivity index (χ2v) is 5.59. The van der Waals surface area contributed by atoms with Crippen LogP contribution < -0.4 is 0 Å². The van der Waals surface area contributed by atoms with Gasteiger partial charge >= 0.3 is 0 Å². The predicted octanol–water partition coefficient (Wildman–Crippen LogP) is 3.03. The van der Waals surface area contributed by atoms with E-state index < -0.39 is 0 Å². The summed E-state index contributed by atoms with van der Waals surface area (Å²) in [5.41, 5.74) is 1.46. The summed E-state index contributed by atoms with van der Waals surface area (Å²) in [4.78, 5) is 22.4. The van der Waals surface area contributed by atoms with E-state index in [2.05, 4.69) is 9.97 Å². The molecule has 0 aliphatic carbocycles. The highest BCUT2D eigenvalue weighted by atomic mass is 19.1. The van der Waals surface area contributed by atoms with Crippen molar-refractivity contribution in [3.63, 3.8) is 0 Å². The average Bonchev–Trinajstić information content (AvgIpc) is 2.82. The molecule has 1 aromatic heterocycles. The molecule has 2 aromatic rings. The number of carbonyl (C=O) groups is 1. The molecule has 0 bridgehead atoms. The molecule has 5 heteroatoms. The number of benzene rings is 1.